The van der Waals surface area contributed by atoms with Gasteiger partial charge in [-0.3, -0.25) is 9.69 Å². The minimum atomic E-state index is -2.79. The Morgan fingerprint density at radius 3 is 2.43 bits per heavy atom. The molecule has 1 amide bonds. The third-order valence-corrected chi connectivity index (χ3v) is 6.20. The first kappa shape index (κ1) is 21.0. The van der Waals surface area contributed by atoms with Gasteiger partial charge in [-0.1, -0.05) is 12.1 Å². The molecule has 0 aromatic heterocycles. The Kier molecular flexibility index (Phi) is 6.91. The smallest absolute Gasteiger partial charge is 0.270 e. The fourth-order valence-corrected chi connectivity index (χ4v) is 4.45. The van der Waals surface area contributed by atoms with Gasteiger partial charge in [-0.15, -0.1) is 0 Å². The van der Waals surface area contributed by atoms with Gasteiger partial charge in [-0.25, -0.2) is 8.78 Å². The second kappa shape index (κ2) is 9.21. The summed E-state index contributed by atoms with van der Waals surface area (Å²) in [5.41, 5.74) is 0.984. The highest BCUT2D eigenvalue weighted by molar-refractivity contribution is 5.73. The van der Waals surface area contributed by atoms with Crippen molar-refractivity contribution >= 4 is 11.6 Å². The van der Waals surface area contributed by atoms with E-state index in [-0.39, 0.29) is 11.5 Å². The molecule has 6 heteroatoms. The molecule has 2 aliphatic rings. The van der Waals surface area contributed by atoms with Crippen LogP contribution in [-0.4, -0.2) is 49.6 Å². The molecule has 2 fully saturated rings. The zero-order valence-electron chi connectivity index (χ0n) is 17.1. The highest BCUT2D eigenvalue weighted by Gasteiger charge is 2.26. The SMILES string of the molecule is CC(=O)NC1CCC(CCN2CCN(c3cccc(C(C)(F)F)c3)CC2)CC1. The van der Waals surface area contributed by atoms with E-state index in [1.165, 1.54) is 25.3 Å². The van der Waals surface area contributed by atoms with E-state index in [1.807, 2.05) is 6.07 Å². The van der Waals surface area contributed by atoms with Crippen LogP contribution in [0.3, 0.4) is 0 Å². The average molecular weight is 394 g/mol. The molecular formula is C22H33F2N3O. The zero-order valence-corrected chi connectivity index (χ0v) is 17.1. The van der Waals surface area contributed by atoms with Crippen LogP contribution >= 0.6 is 0 Å². The highest BCUT2D eigenvalue weighted by atomic mass is 19.3. The molecule has 1 aromatic carbocycles. The number of nitrogens with one attached hydrogen (secondary N) is 1. The molecule has 1 N–H and O–H groups in total. The van der Waals surface area contributed by atoms with Crippen molar-refractivity contribution in [1.29, 1.82) is 0 Å². The predicted octanol–water partition coefficient (Wildman–Crippen LogP) is 4.01. The molecule has 0 spiro atoms. The number of halogens is 2. The van der Waals surface area contributed by atoms with Crippen LogP contribution in [0.2, 0.25) is 0 Å². The highest BCUT2D eigenvalue weighted by Crippen LogP contribution is 2.30. The first-order chi connectivity index (χ1) is 13.3. The largest absolute Gasteiger partial charge is 0.369 e. The summed E-state index contributed by atoms with van der Waals surface area (Å²) < 4.78 is 27.2. The Labute approximate surface area is 167 Å². The molecule has 3 rings (SSSR count). The average Bonchev–Trinajstić information content (AvgIpc) is 2.67. The molecular weight excluding hydrogens is 360 g/mol. The summed E-state index contributed by atoms with van der Waals surface area (Å²) in [6, 6.07) is 7.15. The van der Waals surface area contributed by atoms with Crippen molar-refractivity contribution in [2.24, 2.45) is 5.92 Å². The third-order valence-electron chi connectivity index (χ3n) is 6.20. The third kappa shape index (κ3) is 5.90. The predicted molar refractivity (Wildman–Crippen MR) is 109 cm³/mol. The molecule has 1 heterocycles. The minimum absolute atomic E-state index is 0.0783. The number of anilines is 1. The van der Waals surface area contributed by atoms with Gasteiger partial charge in [0.2, 0.25) is 5.91 Å². The molecule has 0 unspecified atom stereocenters. The summed E-state index contributed by atoms with van der Waals surface area (Å²) in [6.45, 7) is 7.38. The number of alkyl halides is 2. The van der Waals surface area contributed by atoms with E-state index in [9.17, 15) is 13.6 Å². The summed E-state index contributed by atoms with van der Waals surface area (Å²) in [6.07, 6.45) is 5.79. The summed E-state index contributed by atoms with van der Waals surface area (Å²) in [5.74, 6) is -1.96. The Morgan fingerprint density at radius 2 is 1.82 bits per heavy atom. The normalized spacial score (nSPS) is 24.2. The van der Waals surface area contributed by atoms with Crippen LogP contribution in [0.15, 0.2) is 24.3 Å². The molecule has 28 heavy (non-hydrogen) atoms. The van der Waals surface area contributed by atoms with Crippen LogP contribution in [0.4, 0.5) is 14.5 Å². The number of carbonyl (C=O) groups is 1. The lowest BCUT2D eigenvalue weighted by Gasteiger charge is -2.37. The van der Waals surface area contributed by atoms with E-state index < -0.39 is 5.92 Å². The maximum Gasteiger partial charge on any atom is 0.270 e. The number of amides is 1. The van der Waals surface area contributed by atoms with Crippen LogP contribution in [0.1, 0.15) is 51.5 Å². The van der Waals surface area contributed by atoms with Gasteiger partial charge in [0.25, 0.3) is 5.92 Å². The van der Waals surface area contributed by atoms with Crippen molar-refractivity contribution in [3.05, 3.63) is 29.8 Å². The number of piperazine rings is 1. The second-order valence-electron chi connectivity index (χ2n) is 8.47. The second-order valence-corrected chi connectivity index (χ2v) is 8.47. The molecule has 1 saturated carbocycles. The molecule has 1 aliphatic heterocycles. The fourth-order valence-electron chi connectivity index (χ4n) is 4.45. The Hall–Kier alpha value is -1.69. The van der Waals surface area contributed by atoms with Gasteiger partial charge < -0.3 is 10.2 Å². The van der Waals surface area contributed by atoms with Crippen LogP contribution in [-0.2, 0) is 10.7 Å². The van der Waals surface area contributed by atoms with E-state index in [2.05, 4.69) is 15.1 Å². The number of benzene rings is 1. The van der Waals surface area contributed by atoms with Gasteiger partial charge in [0.1, 0.15) is 0 Å². The van der Waals surface area contributed by atoms with Crippen molar-refractivity contribution < 1.29 is 13.6 Å². The van der Waals surface area contributed by atoms with E-state index in [1.54, 1.807) is 19.1 Å². The van der Waals surface area contributed by atoms with Gasteiger partial charge >= 0.3 is 0 Å². The van der Waals surface area contributed by atoms with Crippen molar-refractivity contribution in [3.63, 3.8) is 0 Å². The molecule has 1 saturated heterocycles. The topological polar surface area (TPSA) is 35.6 Å². The van der Waals surface area contributed by atoms with Crippen molar-refractivity contribution in [2.45, 2.75) is 57.9 Å². The zero-order chi connectivity index (χ0) is 20.1. The number of rotatable bonds is 6. The number of carbonyl (C=O) groups excluding carboxylic acids is 1. The fraction of sp³-hybridized carbons (Fsp3) is 0.682. The number of nitrogens with zero attached hydrogens (tertiary/aromatic N) is 2. The van der Waals surface area contributed by atoms with Gasteiger partial charge in [0, 0.05) is 57.3 Å². The molecule has 0 atom stereocenters. The quantitative estimate of drug-likeness (QED) is 0.793. The van der Waals surface area contributed by atoms with E-state index >= 15 is 0 Å². The van der Waals surface area contributed by atoms with Gasteiger partial charge in [0.15, 0.2) is 0 Å². The van der Waals surface area contributed by atoms with Gasteiger partial charge in [0.05, 0.1) is 0 Å². The van der Waals surface area contributed by atoms with E-state index in [4.69, 9.17) is 0 Å². The Bertz CT molecular complexity index is 645. The van der Waals surface area contributed by atoms with E-state index in [0.29, 0.717) is 6.04 Å². The van der Waals surface area contributed by atoms with Crippen LogP contribution in [0.25, 0.3) is 0 Å². The first-order valence-corrected chi connectivity index (χ1v) is 10.5. The minimum Gasteiger partial charge on any atom is -0.369 e. The molecule has 1 aliphatic carbocycles. The molecule has 0 radical (unpaired) electrons. The molecule has 1 aromatic rings. The van der Waals surface area contributed by atoms with Crippen molar-refractivity contribution in [2.75, 3.05) is 37.6 Å². The lowest BCUT2D eigenvalue weighted by atomic mass is 9.84. The Balaban J connectivity index is 1.40. The lowest BCUT2D eigenvalue weighted by molar-refractivity contribution is -0.119. The van der Waals surface area contributed by atoms with Gasteiger partial charge in [-0.05, 0) is 56.7 Å². The van der Waals surface area contributed by atoms with Crippen LogP contribution in [0, 0.1) is 5.92 Å². The summed E-state index contributed by atoms with van der Waals surface area (Å²) in [5, 5.41) is 3.04. The van der Waals surface area contributed by atoms with Crippen molar-refractivity contribution in [3.8, 4) is 0 Å². The molecule has 156 valence electrons. The monoisotopic (exact) mass is 393 g/mol. The summed E-state index contributed by atoms with van der Waals surface area (Å²) >= 11 is 0. The maximum absolute atomic E-state index is 13.6. The standard InChI is InChI=1S/C22H33F2N3O/c1-17(28)25-20-8-6-18(7-9-20)10-11-26-12-14-27(15-13-26)21-5-3-4-19(16-21)22(2,23)24/h3-5,16,18,20H,6-15H2,1-2H3,(H,25,28). The van der Waals surface area contributed by atoms with Crippen LogP contribution < -0.4 is 10.2 Å². The lowest BCUT2D eigenvalue weighted by Crippen LogP contribution is -2.47. The van der Waals surface area contributed by atoms with Gasteiger partial charge in [-0.2, -0.15) is 0 Å². The number of hydrogen-bond acceptors (Lipinski definition) is 3. The summed E-state index contributed by atoms with van der Waals surface area (Å²) in [7, 11) is 0. The van der Waals surface area contributed by atoms with Crippen LogP contribution in [0.5, 0.6) is 0 Å². The molecule has 0 bridgehead atoms. The maximum atomic E-state index is 13.6. The van der Waals surface area contributed by atoms with Crippen molar-refractivity contribution in [1.82, 2.24) is 10.2 Å². The summed E-state index contributed by atoms with van der Waals surface area (Å²) in [4.78, 5) is 15.9. The molecule has 4 nitrogen and oxygen atoms in total. The first-order valence-electron chi connectivity index (χ1n) is 10.5. The van der Waals surface area contributed by atoms with E-state index in [0.717, 1.165) is 64.1 Å². The Morgan fingerprint density at radius 1 is 1.14 bits per heavy atom. The number of hydrogen-bond donors (Lipinski definition) is 1.